The van der Waals surface area contributed by atoms with Crippen LogP contribution in [-0.2, 0) is 0 Å². The van der Waals surface area contributed by atoms with Crippen molar-refractivity contribution in [3.05, 3.63) is 29.1 Å². The van der Waals surface area contributed by atoms with Gasteiger partial charge in [0.15, 0.2) is 0 Å². The van der Waals surface area contributed by atoms with Crippen molar-refractivity contribution in [1.82, 2.24) is 5.32 Å². The maximum Gasteiger partial charge on any atom is 0.133 e. The van der Waals surface area contributed by atoms with Crippen LogP contribution in [0.4, 0.5) is 0 Å². The second-order valence-electron chi connectivity index (χ2n) is 5.25. The molecule has 0 amide bonds. The van der Waals surface area contributed by atoms with Crippen molar-refractivity contribution in [2.24, 2.45) is 11.7 Å². The molecule has 1 atom stereocenters. The highest BCUT2D eigenvalue weighted by Gasteiger charge is 2.13. The van der Waals surface area contributed by atoms with Crippen molar-refractivity contribution >= 4 is 27.3 Å². The smallest absolute Gasteiger partial charge is 0.133 e. The van der Waals surface area contributed by atoms with Crippen molar-refractivity contribution in [1.29, 1.82) is 5.41 Å². The molecule has 1 unspecified atom stereocenters. The Morgan fingerprint density at radius 1 is 1.45 bits per heavy atom. The molecule has 1 aromatic carbocycles. The lowest BCUT2D eigenvalue weighted by Crippen LogP contribution is -2.33. The number of nitrogen functional groups attached to an aromatic ring is 1. The normalized spacial score (nSPS) is 19.1. The number of piperidine rings is 1. The number of nitrogens with two attached hydrogens (primary N) is 1. The zero-order chi connectivity index (χ0) is 13.9. The van der Waals surface area contributed by atoms with Gasteiger partial charge in [0.05, 0.1) is 11.5 Å². The topological polar surface area (TPSA) is 71.1 Å². The fraction of sp³-hybridized carbons (Fsp3) is 0.400. The lowest BCUT2D eigenvalue weighted by Gasteiger charge is -2.22. The summed E-state index contributed by atoms with van der Waals surface area (Å²) in [5.41, 5.74) is 5.53. The first-order valence-electron chi connectivity index (χ1n) is 6.94. The van der Waals surface area contributed by atoms with Gasteiger partial charge < -0.3 is 15.8 Å². The van der Waals surface area contributed by atoms with Gasteiger partial charge in [0.2, 0.25) is 0 Å². The van der Waals surface area contributed by atoms with Gasteiger partial charge in [-0.05, 0) is 49.0 Å². The summed E-state index contributed by atoms with van der Waals surface area (Å²) >= 11 is 1.54. The fourth-order valence-corrected chi connectivity index (χ4v) is 3.47. The van der Waals surface area contributed by atoms with Gasteiger partial charge in [-0.25, -0.2) is 0 Å². The monoisotopic (exact) mass is 289 g/mol. The number of thiophene rings is 1. The molecule has 0 aliphatic carbocycles. The summed E-state index contributed by atoms with van der Waals surface area (Å²) < 4.78 is 7.02. The molecule has 20 heavy (non-hydrogen) atoms. The van der Waals surface area contributed by atoms with Crippen molar-refractivity contribution in [2.45, 2.75) is 12.8 Å². The Balaban J connectivity index is 1.70. The van der Waals surface area contributed by atoms with Crippen LogP contribution >= 0.6 is 11.3 Å². The third-order valence-electron chi connectivity index (χ3n) is 3.64. The molecule has 1 aliphatic rings. The Kier molecular flexibility index (Phi) is 3.89. The molecule has 2 heterocycles. The van der Waals surface area contributed by atoms with Gasteiger partial charge in [-0.3, -0.25) is 5.41 Å². The quantitative estimate of drug-likeness (QED) is 0.598. The van der Waals surface area contributed by atoms with Crippen LogP contribution in [0.2, 0.25) is 0 Å². The van der Waals surface area contributed by atoms with E-state index in [1.165, 1.54) is 24.2 Å². The molecule has 5 heteroatoms. The molecule has 106 valence electrons. The van der Waals surface area contributed by atoms with Crippen LogP contribution in [0.15, 0.2) is 24.3 Å². The maximum absolute atomic E-state index is 7.49. The minimum absolute atomic E-state index is 0.127. The van der Waals surface area contributed by atoms with E-state index in [0.29, 0.717) is 5.92 Å². The van der Waals surface area contributed by atoms with Gasteiger partial charge in [0.25, 0.3) is 0 Å². The van der Waals surface area contributed by atoms with Crippen LogP contribution in [0.25, 0.3) is 10.1 Å². The van der Waals surface area contributed by atoms with Crippen molar-refractivity contribution in [3.8, 4) is 5.75 Å². The SMILES string of the molecule is N=C(N)c1cc2ccc(OCC3CCCNC3)cc2s1. The van der Waals surface area contributed by atoms with Crippen LogP contribution in [0.3, 0.4) is 0 Å². The molecule has 0 spiro atoms. The predicted octanol–water partition coefficient (Wildman–Crippen LogP) is 2.56. The predicted molar refractivity (Wildman–Crippen MR) is 83.9 cm³/mol. The summed E-state index contributed by atoms with van der Waals surface area (Å²) in [6.07, 6.45) is 2.47. The number of fused-ring (bicyclic) bond motifs is 1. The van der Waals surface area contributed by atoms with Crippen LogP contribution in [0.1, 0.15) is 17.7 Å². The minimum atomic E-state index is 0.127. The second kappa shape index (κ2) is 5.81. The summed E-state index contributed by atoms with van der Waals surface area (Å²) in [7, 11) is 0. The van der Waals surface area contributed by atoms with E-state index in [-0.39, 0.29) is 5.84 Å². The first-order chi connectivity index (χ1) is 9.72. The lowest BCUT2D eigenvalue weighted by molar-refractivity contribution is 0.218. The average molecular weight is 289 g/mol. The number of hydrogen-bond acceptors (Lipinski definition) is 4. The number of hydrogen-bond donors (Lipinski definition) is 3. The maximum atomic E-state index is 7.49. The highest BCUT2D eigenvalue weighted by Crippen LogP contribution is 2.29. The zero-order valence-corrected chi connectivity index (χ0v) is 12.1. The van der Waals surface area contributed by atoms with Gasteiger partial charge in [-0.2, -0.15) is 0 Å². The second-order valence-corrected chi connectivity index (χ2v) is 6.33. The molecule has 1 saturated heterocycles. The molecule has 0 radical (unpaired) electrons. The fourth-order valence-electron chi connectivity index (χ4n) is 2.51. The van der Waals surface area contributed by atoms with E-state index in [1.807, 2.05) is 24.3 Å². The highest BCUT2D eigenvalue weighted by molar-refractivity contribution is 7.20. The molecule has 3 rings (SSSR count). The molecule has 1 aromatic heterocycles. The first kappa shape index (κ1) is 13.4. The summed E-state index contributed by atoms with van der Waals surface area (Å²) in [6.45, 7) is 2.95. The van der Waals surface area contributed by atoms with E-state index < -0.39 is 0 Å². The third-order valence-corrected chi connectivity index (χ3v) is 4.77. The van der Waals surface area contributed by atoms with Gasteiger partial charge in [-0.15, -0.1) is 11.3 Å². The average Bonchev–Trinajstić information content (AvgIpc) is 2.89. The Morgan fingerprint density at radius 2 is 2.35 bits per heavy atom. The van der Waals surface area contributed by atoms with E-state index >= 15 is 0 Å². The number of amidine groups is 1. The molecular formula is C15H19N3OS. The Labute approximate surface area is 122 Å². The Morgan fingerprint density at radius 3 is 3.10 bits per heavy atom. The van der Waals surface area contributed by atoms with Crippen LogP contribution in [0, 0.1) is 11.3 Å². The molecule has 2 aromatic rings. The van der Waals surface area contributed by atoms with Crippen molar-refractivity contribution < 1.29 is 4.74 Å². The van der Waals surface area contributed by atoms with Crippen molar-refractivity contribution in [3.63, 3.8) is 0 Å². The summed E-state index contributed by atoms with van der Waals surface area (Å²) in [5.74, 6) is 1.64. The van der Waals surface area contributed by atoms with Gasteiger partial charge in [0.1, 0.15) is 11.6 Å². The van der Waals surface area contributed by atoms with E-state index in [4.69, 9.17) is 15.9 Å². The molecule has 4 nitrogen and oxygen atoms in total. The zero-order valence-electron chi connectivity index (χ0n) is 11.3. The van der Waals surface area contributed by atoms with Crippen LogP contribution < -0.4 is 15.8 Å². The number of ether oxygens (including phenoxy) is 1. The largest absolute Gasteiger partial charge is 0.493 e. The first-order valence-corrected chi connectivity index (χ1v) is 7.75. The lowest BCUT2D eigenvalue weighted by atomic mass is 10.0. The van der Waals surface area contributed by atoms with E-state index in [2.05, 4.69) is 5.32 Å². The van der Waals surface area contributed by atoms with E-state index in [9.17, 15) is 0 Å². The number of benzene rings is 1. The standard InChI is InChI=1S/C15H19N3OS/c16-15(17)14-6-11-3-4-12(7-13(11)20-14)19-9-10-2-1-5-18-8-10/h3-4,6-7,10,18H,1-2,5,8-9H2,(H3,16,17). The summed E-state index contributed by atoms with van der Waals surface area (Å²) in [6, 6.07) is 8.03. The van der Waals surface area contributed by atoms with Gasteiger partial charge >= 0.3 is 0 Å². The van der Waals surface area contributed by atoms with Gasteiger partial charge in [0, 0.05) is 17.2 Å². The molecule has 1 fully saturated rings. The minimum Gasteiger partial charge on any atom is -0.493 e. The molecular weight excluding hydrogens is 270 g/mol. The number of nitrogens with one attached hydrogen (secondary N) is 2. The Bertz CT molecular complexity index is 617. The van der Waals surface area contributed by atoms with Crippen molar-refractivity contribution in [2.75, 3.05) is 19.7 Å². The number of rotatable bonds is 4. The third kappa shape index (κ3) is 2.94. The van der Waals surface area contributed by atoms with Crippen LogP contribution in [-0.4, -0.2) is 25.5 Å². The molecule has 1 aliphatic heterocycles. The molecule has 4 N–H and O–H groups in total. The molecule has 0 saturated carbocycles. The van der Waals surface area contributed by atoms with Gasteiger partial charge in [-0.1, -0.05) is 0 Å². The van der Waals surface area contributed by atoms with Crippen LogP contribution in [0.5, 0.6) is 5.75 Å². The molecule has 0 bridgehead atoms. The van der Waals surface area contributed by atoms with E-state index in [0.717, 1.165) is 40.4 Å². The van der Waals surface area contributed by atoms with E-state index in [1.54, 1.807) is 0 Å². The Hall–Kier alpha value is -1.59. The summed E-state index contributed by atoms with van der Waals surface area (Å²) in [5, 5.41) is 12.0. The highest BCUT2D eigenvalue weighted by atomic mass is 32.1. The summed E-state index contributed by atoms with van der Waals surface area (Å²) in [4.78, 5) is 0.814.